The molecule has 4 aromatic carbocycles. The van der Waals surface area contributed by atoms with Crippen molar-refractivity contribution in [3.05, 3.63) is 85.6 Å². The Labute approximate surface area is 164 Å². The Morgan fingerprint density at radius 3 is 1.79 bits per heavy atom. The van der Waals surface area contributed by atoms with E-state index in [0.717, 1.165) is 32.7 Å². The van der Waals surface area contributed by atoms with Gasteiger partial charge in [0, 0.05) is 24.5 Å². The molecular weight excluding hydrogens is 367 g/mol. The van der Waals surface area contributed by atoms with E-state index < -0.39 is 7.37 Å². The van der Waals surface area contributed by atoms with Crippen molar-refractivity contribution >= 4 is 28.9 Å². The average molecular weight is 388 g/mol. The van der Waals surface area contributed by atoms with Crippen LogP contribution in [0, 0.1) is 0 Å². The first kappa shape index (κ1) is 18.3. The van der Waals surface area contributed by atoms with Gasteiger partial charge in [-0.3, -0.25) is 4.57 Å². The van der Waals surface area contributed by atoms with Crippen molar-refractivity contribution in [2.75, 3.05) is 13.3 Å². The molecule has 0 atom stereocenters. The SMILES string of the molecule is C=COc1ccc2ccccc2c1-c1c(OP(C)(C)=O)ccc2ccccc12. The highest BCUT2D eigenvalue weighted by Gasteiger charge is 2.21. The number of benzene rings is 4. The summed E-state index contributed by atoms with van der Waals surface area (Å²) in [6.45, 7) is 6.96. The van der Waals surface area contributed by atoms with Crippen LogP contribution >= 0.6 is 7.37 Å². The fourth-order valence-electron chi connectivity index (χ4n) is 3.52. The maximum absolute atomic E-state index is 12.5. The third-order valence-corrected chi connectivity index (χ3v) is 5.20. The standard InChI is InChI=1S/C24H21O3P/c1-4-26-21-15-13-17-9-5-7-11-19(17)23(21)24-20-12-8-6-10-18(20)14-16-22(24)27-28(2,3)25/h4-16H,1H2,2-3H3. The van der Waals surface area contributed by atoms with Crippen molar-refractivity contribution in [3.8, 4) is 22.6 Å². The molecule has 0 saturated carbocycles. The maximum Gasteiger partial charge on any atom is 0.242 e. The fraction of sp³-hybridized carbons (Fsp3) is 0.0833. The molecule has 0 radical (unpaired) electrons. The number of rotatable bonds is 5. The molecule has 4 rings (SSSR count). The Balaban J connectivity index is 2.16. The molecule has 0 bridgehead atoms. The molecule has 0 aromatic heterocycles. The van der Waals surface area contributed by atoms with Crippen LogP contribution < -0.4 is 9.26 Å². The van der Waals surface area contributed by atoms with Crippen molar-refractivity contribution < 1.29 is 13.8 Å². The van der Waals surface area contributed by atoms with Crippen LogP contribution in [0.3, 0.4) is 0 Å². The molecule has 0 saturated heterocycles. The van der Waals surface area contributed by atoms with Gasteiger partial charge >= 0.3 is 0 Å². The molecule has 0 N–H and O–H groups in total. The van der Waals surface area contributed by atoms with Crippen LogP contribution in [0.1, 0.15) is 0 Å². The van der Waals surface area contributed by atoms with Gasteiger partial charge in [-0.2, -0.15) is 0 Å². The largest absolute Gasteiger partial charge is 0.465 e. The van der Waals surface area contributed by atoms with Gasteiger partial charge in [-0.25, -0.2) is 0 Å². The summed E-state index contributed by atoms with van der Waals surface area (Å²) in [7, 11) is -2.76. The minimum atomic E-state index is -2.76. The molecule has 0 aliphatic carbocycles. The minimum Gasteiger partial charge on any atom is -0.465 e. The first-order valence-corrected chi connectivity index (χ1v) is 11.6. The van der Waals surface area contributed by atoms with E-state index in [1.54, 1.807) is 13.3 Å². The summed E-state index contributed by atoms with van der Waals surface area (Å²) in [6, 6.07) is 24.1. The summed E-state index contributed by atoms with van der Waals surface area (Å²) in [4.78, 5) is 0. The van der Waals surface area contributed by atoms with E-state index in [9.17, 15) is 4.57 Å². The van der Waals surface area contributed by atoms with Gasteiger partial charge in [0.25, 0.3) is 0 Å². The normalized spacial score (nSPS) is 11.5. The van der Waals surface area contributed by atoms with E-state index in [-0.39, 0.29) is 0 Å². The smallest absolute Gasteiger partial charge is 0.242 e. The Morgan fingerprint density at radius 2 is 1.25 bits per heavy atom. The van der Waals surface area contributed by atoms with E-state index in [2.05, 4.69) is 24.8 Å². The molecule has 0 aliphatic rings. The molecule has 0 aliphatic heterocycles. The van der Waals surface area contributed by atoms with Gasteiger partial charge < -0.3 is 9.26 Å². The van der Waals surface area contributed by atoms with Gasteiger partial charge in [-0.15, -0.1) is 0 Å². The monoisotopic (exact) mass is 388 g/mol. The lowest BCUT2D eigenvalue weighted by Gasteiger charge is -2.20. The van der Waals surface area contributed by atoms with Crippen LogP contribution in [0.4, 0.5) is 0 Å². The molecule has 140 valence electrons. The number of ether oxygens (including phenoxy) is 1. The predicted molar refractivity (Wildman–Crippen MR) is 118 cm³/mol. The third-order valence-electron chi connectivity index (χ3n) is 4.56. The Bertz CT molecular complexity index is 1240. The summed E-state index contributed by atoms with van der Waals surface area (Å²) in [5.41, 5.74) is 1.77. The van der Waals surface area contributed by atoms with E-state index in [1.165, 1.54) is 6.26 Å². The molecule has 4 heteroatoms. The van der Waals surface area contributed by atoms with E-state index in [1.807, 2.05) is 54.6 Å². The zero-order chi connectivity index (χ0) is 19.7. The summed E-state index contributed by atoms with van der Waals surface area (Å²) in [5, 5.41) is 4.21. The number of hydrogen-bond acceptors (Lipinski definition) is 3. The summed E-state index contributed by atoms with van der Waals surface area (Å²) < 4.78 is 24.2. The first-order chi connectivity index (χ1) is 13.5. The summed E-state index contributed by atoms with van der Waals surface area (Å²) in [5.74, 6) is 1.26. The number of hydrogen-bond donors (Lipinski definition) is 0. The van der Waals surface area contributed by atoms with Gasteiger partial charge in [0.05, 0.1) is 6.26 Å². The third kappa shape index (κ3) is 3.42. The quantitative estimate of drug-likeness (QED) is 0.270. The van der Waals surface area contributed by atoms with Gasteiger partial charge in [-0.1, -0.05) is 67.2 Å². The van der Waals surface area contributed by atoms with Gasteiger partial charge in [0.2, 0.25) is 7.37 Å². The zero-order valence-corrected chi connectivity index (χ0v) is 16.8. The molecule has 0 amide bonds. The van der Waals surface area contributed by atoms with Crippen molar-refractivity contribution in [2.45, 2.75) is 0 Å². The zero-order valence-electron chi connectivity index (χ0n) is 15.9. The van der Waals surface area contributed by atoms with Gasteiger partial charge in [0.1, 0.15) is 11.5 Å². The summed E-state index contributed by atoms with van der Waals surface area (Å²) >= 11 is 0. The first-order valence-electron chi connectivity index (χ1n) is 9.04. The predicted octanol–water partition coefficient (Wildman–Crippen LogP) is 7.10. The van der Waals surface area contributed by atoms with Gasteiger partial charge in [0.15, 0.2) is 0 Å². The molecule has 28 heavy (non-hydrogen) atoms. The lowest BCUT2D eigenvalue weighted by Crippen LogP contribution is -1.96. The highest BCUT2D eigenvalue weighted by atomic mass is 31.2. The Hall–Kier alpha value is -3.03. The molecule has 0 fully saturated rings. The maximum atomic E-state index is 12.5. The number of fused-ring (bicyclic) bond motifs is 2. The minimum absolute atomic E-state index is 0.581. The Kier molecular flexibility index (Phi) is 4.70. The summed E-state index contributed by atoms with van der Waals surface area (Å²) in [6.07, 6.45) is 1.42. The van der Waals surface area contributed by atoms with E-state index in [0.29, 0.717) is 11.5 Å². The highest BCUT2D eigenvalue weighted by molar-refractivity contribution is 7.57. The second-order valence-electron chi connectivity index (χ2n) is 6.95. The Morgan fingerprint density at radius 1 is 0.750 bits per heavy atom. The highest BCUT2D eigenvalue weighted by Crippen LogP contribution is 2.49. The van der Waals surface area contributed by atoms with Crippen LogP contribution in [0.2, 0.25) is 0 Å². The molecular formula is C24H21O3P. The molecule has 3 nitrogen and oxygen atoms in total. The van der Waals surface area contributed by atoms with Crippen molar-refractivity contribution in [1.82, 2.24) is 0 Å². The van der Waals surface area contributed by atoms with Crippen LogP contribution in [0.15, 0.2) is 85.6 Å². The van der Waals surface area contributed by atoms with Gasteiger partial charge in [-0.05, 0) is 33.7 Å². The second-order valence-corrected chi connectivity index (χ2v) is 9.63. The van der Waals surface area contributed by atoms with Crippen LogP contribution in [0.25, 0.3) is 32.7 Å². The van der Waals surface area contributed by atoms with Crippen molar-refractivity contribution in [1.29, 1.82) is 0 Å². The van der Waals surface area contributed by atoms with E-state index >= 15 is 0 Å². The van der Waals surface area contributed by atoms with E-state index in [4.69, 9.17) is 9.26 Å². The van der Waals surface area contributed by atoms with Crippen LogP contribution in [0.5, 0.6) is 11.5 Å². The molecule has 4 aromatic rings. The van der Waals surface area contributed by atoms with Crippen molar-refractivity contribution in [3.63, 3.8) is 0 Å². The molecule has 0 heterocycles. The second kappa shape index (κ2) is 7.18. The van der Waals surface area contributed by atoms with Crippen LogP contribution in [-0.4, -0.2) is 13.3 Å². The average Bonchev–Trinajstić information content (AvgIpc) is 2.67. The lowest BCUT2D eigenvalue weighted by molar-refractivity contribution is 0.484. The lowest BCUT2D eigenvalue weighted by atomic mass is 9.92. The van der Waals surface area contributed by atoms with Crippen LogP contribution in [-0.2, 0) is 4.57 Å². The van der Waals surface area contributed by atoms with Crippen molar-refractivity contribution in [2.24, 2.45) is 0 Å². The fourth-order valence-corrected chi connectivity index (χ4v) is 4.15. The topological polar surface area (TPSA) is 35.5 Å². The molecule has 0 unspecified atom stereocenters. The molecule has 0 spiro atoms.